The number of urea groups is 1. The molecule has 0 unspecified atom stereocenters. The lowest BCUT2D eigenvalue weighted by molar-refractivity contribution is -0.141. The predicted octanol–water partition coefficient (Wildman–Crippen LogP) is 1.26. The summed E-state index contributed by atoms with van der Waals surface area (Å²) in [5.74, 6) is -1.17. The molecule has 0 aliphatic carbocycles. The van der Waals surface area contributed by atoms with Crippen LogP contribution >= 0.6 is 11.6 Å². The minimum atomic E-state index is -1.17. The van der Waals surface area contributed by atoms with E-state index in [0.29, 0.717) is 5.56 Å². The molecule has 2 atom stereocenters. The maximum absolute atomic E-state index is 12.1. The molecule has 0 radical (unpaired) electrons. The van der Waals surface area contributed by atoms with Gasteiger partial charge in [-0.15, -0.1) is 0 Å². The van der Waals surface area contributed by atoms with Crippen LogP contribution < -0.4 is 5.32 Å². The number of nitrogens with zero attached hydrogens (tertiary/aromatic N) is 2. The van der Waals surface area contributed by atoms with Crippen molar-refractivity contribution in [3.8, 4) is 6.07 Å². The van der Waals surface area contributed by atoms with Crippen molar-refractivity contribution in [1.82, 2.24) is 4.90 Å². The molecule has 0 saturated carbocycles. The number of amides is 2. The fraction of sp³-hybridized carbons (Fsp3) is 0.308. The third kappa shape index (κ3) is 3.24. The maximum atomic E-state index is 12.1. The summed E-state index contributed by atoms with van der Waals surface area (Å²) < 4.78 is 0. The summed E-state index contributed by atoms with van der Waals surface area (Å²) >= 11 is 5.94. The Labute approximate surface area is 125 Å². The zero-order chi connectivity index (χ0) is 15.6. The lowest BCUT2D eigenvalue weighted by atomic mass is 10.2. The van der Waals surface area contributed by atoms with Gasteiger partial charge in [0, 0.05) is 13.0 Å². The van der Waals surface area contributed by atoms with Crippen molar-refractivity contribution in [2.24, 2.45) is 0 Å². The molecular weight excluding hydrogens is 298 g/mol. The lowest BCUT2D eigenvalue weighted by Crippen LogP contribution is -2.43. The minimum Gasteiger partial charge on any atom is -0.480 e. The second-order valence-corrected chi connectivity index (χ2v) is 5.04. The van der Waals surface area contributed by atoms with Crippen molar-refractivity contribution >= 4 is 29.3 Å². The Morgan fingerprint density at radius 2 is 2.19 bits per heavy atom. The molecule has 7 nitrogen and oxygen atoms in total. The van der Waals surface area contributed by atoms with Gasteiger partial charge in [-0.25, -0.2) is 9.59 Å². The number of hydrogen-bond donors (Lipinski definition) is 3. The number of likely N-dealkylation sites (tertiary alicyclic amines) is 1. The zero-order valence-electron chi connectivity index (χ0n) is 10.8. The first-order valence-electron chi connectivity index (χ1n) is 6.10. The highest BCUT2D eigenvalue weighted by Gasteiger charge is 2.39. The van der Waals surface area contributed by atoms with Gasteiger partial charge in [-0.2, -0.15) is 5.26 Å². The number of carbonyl (C=O) groups is 2. The van der Waals surface area contributed by atoms with Crippen LogP contribution in [0.25, 0.3) is 0 Å². The molecule has 0 spiro atoms. The topological polar surface area (TPSA) is 114 Å². The Kier molecular flexibility index (Phi) is 4.31. The van der Waals surface area contributed by atoms with E-state index in [4.69, 9.17) is 22.0 Å². The number of aliphatic carboxylic acids is 1. The number of aliphatic hydroxyl groups excluding tert-OH is 1. The molecule has 2 rings (SSSR count). The molecule has 1 heterocycles. The van der Waals surface area contributed by atoms with Gasteiger partial charge in [0.25, 0.3) is 0 Å². The molecular formula is C13H12ClN3O4. The Bertz CT molecular complexity index is 628. The highest BCUT2D eigenvalue weighted by Crippen LogP contribution is 2.25. The first kappa shape index (κ1) is 15.1. The van der Waals surface area contributed by atoms with Gasteiger partial charge >= 0.3 is 12.0 Å². The van der Waals surface area contributed by atoms with Crippen molar-refractivity contribution in [2.45, 2.75) is 18.6 Å². The van der Waals surface area contributed by atoms with E-state index in [0.717, 1.165) is 4.90 Å². The highest BCUT2D eigenvalue weighted by atomic mass is 35.5. The highest BCUT2D eigenvalue weighted by molar-refractivity contribution is 6.33. The fourth-order valence-electron chi connectivity index (χ4n) is 2.15. The fourth-order valence-corrected chi connectivity index (χ4v) is 2.37. The monoisotopic (exact) mass is 309 g/mol. The Hall–Kier alpha value is -2.30. The zero-order valence-corrected chi connectivity index (χ0v) is 11.5. The molecule has 2 amide bonds. The second-order valence-electron chi connectivity index (χ2n) is 4.63. The number of hydrogen-bond acceptors (Lipinski definition) is 4. The summed E-state index contributed by atoms with van der Waals surface area (Å²) in [5.41, 5.74) is 0.615. The van der Waals surface area contributed by atoms with Crippen LogP contribution in [0, 0.1) is 11.3 Å². The molecule has 0 aromatic heterocycles. The number of nitrogens with one attached hydrogen (secondary N) is 1. The van der Waals surface area contributed by atoms with Crippen LogP contribution in [0.2, 0.25) is 5.02 Å². The average Bonchev–Trinajstić information content (AvgIpc) is 2.83. The minimum absolute atomic E-state index is 0.0101. The summed E-state index contributed by atoms with van der Waals surface area (Å²) in [7, 11) is 0. The molecule has 8 heteroatoms. The molecule has 1 aromatic carbocycles. The molecule has 1 saturated heterocycles. The van der Waals surface area contributed by atoms with Crippen molar-refractivity contribution in [2.75, 3.05) is 11.9 Å². The molecule has 0 bridgehead atoms. The van der Waals surface area contributed by atoms with Gasteiger partial charge in [-0.3, -0.25) is 0 Å². The number of halogens is 1. The molecule has 1 aromatic rings. The van der Waals surface area contributed by atoms with Gasteiger partial charge in [-0.05, 0) is 18.2 Å². The van der Waals surface area contributed by atoms with Gasteiger partial charge in [-0.1, -0.05) is 11.6 Å². The van der Waals surface area contributed by atoms with Crippen LogP contribution in [0.3, 0.4) is 0 Å². The SMILES string of the molecule is N#Cc1ccc(NC(=O)N2C[C@H](O)C[C@@H]2C(=O)O)c(Cl)c1. The van der Waals surface area contributed by atoms with Gasteiger partial charge in [0.1, 0.15) is 6.04 Å². The van der Waals surface area contributed by atoms with Crippen LogP contribution in [-0.4, -0.2) is 45.8 Å². The van der Waals surface area contributed by atoms with E-state index in [1.54, 1.807) is 0 Å². The van der Waals surface area contributed by atoms with Gasteiger partial charge in [0.15, 0.2) is 0 Å². The number of carboxylic acid groups (broad SMARTS) is 1. The van der Waals surface area contributed by atoms with Gasteiger partial charge in [0.05, 0.1) is 28.4 Å². The predicted molar refractivity (Wildman–Crippen MR) is 73.9 cm³/mol. The summed E-state index contributed by atoms with van der Waals surface area (Å²) in [6, 6.07) is 4.51. The summed E-state index contributed by atoms with van der Waals surface area (Å²) in [5, 5.41) is 29.9. The average molecular weight is 310 g/mol. The van der Waals surface area contributed by atoms with Crippen molar-refractivity contribution in [1.29, 1.82) is 5.26 Å². The van der Waals surface area contributed by atoms with E-state index in [2.05, 4.69) is 5.32 Å². The van der Waals surface area contributed by atoms with E-state index in [-0.39, 0.29) is 23.7 Å². The van der Waals surface area contributed by atoms with E-state index >= 15 is 0 Å². The lowest BCUT2D eigenvalue weighted by Gasteiger charge is -2.21. The van der Waals surface area contributed by atoms with Gasteiger partial charge < -0.3 is 20.4 Å². The van der Waals surface area contributed by atoms with Crippen LogP contribution in [0.5, 0.6) is 0 Å². The number of rotatable bonds is 2. The largest absolute Gasteiger partial charge is 0.480 e. The first-order chi connectivity index (χ1) is 9.92. The molecule has 1 aliphatic heterocycles. The van der Waals surface area contributed by atoms with Gasteiger partial charge in [0.2, 0.25) is 0 Å². The molecule has 21 heavy (non-hydrogen) atoms. The second kappa shape index (κ2) is 5.99. The Morgan fingerprint density at radius 3 is 2.76 bits per heavy atom. The van der Waals surface area contributed by atoms with Crippen LogP contribution in [-0.2, 0) is 4.79 Å². The molecule has 1 fully saturated rings. The van der Waals surface area contributed by atoms with E-state index in [1.807, 2.05) is 6.07 Å². The van der Waals surface area contributed by atoms with Crippen LogP contribution in [0.4, 0.5) is 10.5 Å². The third-order valence-electron chi connectivity index (χ3n) is 3.16. The van der Waals surface area contributed by atoms with E-state index < -0.39 is 24.1 Å². The summed E-state index contributed by atoms with van der Waals surface area (Å²) in [6.45, 7) is -0.0588. The molecule has 110 valence electrons. The number of benzene rings is 1. The van der Waals surface area contributed by atoms with Crippen LogP contribution in [0.15, 0.2) is 18.2 Å². The van der Waals surface area contributed by atoms with Crippen molar-refractivity contribution in [3.05, 3.63) is 28.8 Å². The van der Waals surface area contributed by atoms with Crippen molar-refractivity contribution in [3.63, 3.8) is 0 Å². The van der Waals surface area contributed by atoms with E-state index in [9.17, 15) is 14.7 Å². The first-order valence-corrected chi connectivity index (χ1v) is 6.48. The Morgan fingerprint density at radius 1 is 1.48 bits per heavy atom. The Balaban J connectivity index is 2.14. The quantitative estimate of drug-likeness (QED) is 0.761. The van der Waals surface area contributed by atoms with E-state index in [1.165, 1.54) is 18.2 Å². The summed E-state index contributed by atoms with van der Waals surface area (Å²) in [4.78, 5) is 24.2. The number of nitriles is 1. The molecule has 1 aliphatic rings. The number of carbonyl (C=O) groups excluding carboxylic acids is 1. The smallest absolute Gasteiger partial charge is 0.326 e. The number of anilines is 1. The third-order valence-corrected chi connectivity index (χ3v) is 3.48. The number of aliphatic hydroxyl groups is 1. The molecule has 3 N–H and O–H groups in total. The summed E-state index contributed by atoms with van der Waals surface area (Å²) in [6.07, 6.45) is -0.877. The normalized spacial score (nSPS) is 20.9. The maximum Gasteiger partial charge on any atom is 0.326 e. The standard InChI is InChI=1S/C13H12ClN3O4/c14-9-3-7(5-15)1-2-10(9)16-13(21)17-6-8(18)4-11(17)12(19)20/h1-3,8,11,18H,4,6H2,(H,16,21)(H,19,20)/t8-,11-/m1/s1. The number of β-amino-alcohol motifs (C(OH)–C–C–N with tert-alkyl or cyclic N) is 1. The van der Waals surface area contributed by atoms with Crippen molar-refractivity contribution < 1.29 is 19.8 Å². The number of carboxylic acids is 1. The van der Waals surface area contributed by atoms with Crippen LogP contribution in [0.1, 0.15) is 12.0 Å².